The number of nitrogens with zero attached hydrogens (tertiary/aromatic N) is 1. The van der Waals surface area contributed by atoms with Gasteiger partial charge >= 0.3 is 0 Å². The van der Waals surface area contributed by atoms with Gasteiger partial charge in [-0.3, -0.25) is 4.79 Å². The molecular weight excluding hydrogens is 232 g/mol. The van der Waals surface area contributed by atoms with Crippen molar-refractivity contribution in [2.75, 3.05) is 34.0 Å². The fraction of sp³-hybridized carbons (Fsp3) is 0.923. The number of amides is 1. The van der Waals surface area contributed by atoms with Crippen LogP contribution < -0.4 is 5.73 Å². The summed E-state index contributed by atoms with van der Waals surface area (Å²) in [5.41, 5.74) is 5.68. The molecule has 0 saturated carbocycles. The van der Waals surface area contributed by atoms with Crippen molar-refractivity contribution in [2.24, 2.45) is 5.73 Å². The SMILES string of the molecule is COCCN(C(=O)CCCC(C)N)C(C)COC. The average Bonchev–Trinajstić information content (AvgIpc) is 2.29. The Morgan fingerprint density at radius 2 is 1.94 bits per heavy atom. The Labute approximate surface area is 111 Å². The van der Waals surface area contributed by atoms with Crippen molar-refractivity contribution in [1.29, 1.82) is 0 Å². The van der Waals surface area contributed by atoms with E-state index in [9.17, 15) is 4.79 Å². The molecule has 108 valence electrons. The Balaban J connectivity index is 4.21. The van der Waals surface area contributed by atoms with E-state index in [4.69, 9.17) is 15.2 Å². The van der Waals surface area contributed by atoms with Crippen molar-refractivity contribution in [2.45, 2.75) is 45.2 Å². The van der Waals surface area contributed by atoms with Crippen LogP contribution in [-0.2, 0) is 14.3 Å². The van der Waals surface area contributed by atoms with E-state index < -0.39 is 0 Å². The topological polar surface area (TPSA) is 64.8 Å². The molecule has 5 nitrogen and oxygen atoms in total. The lowest BCUT2D eigenvalue weighted by Gasteiger charge is -2.28. The van der Waals surface area contributed by atoms with Gasteiger partial charge in [0.1, 0.15) is 0 Å². The van der Waals surface area contributed by atoms with E-state index in [1.54, 1.807) is 14.2 Å². The fourth-order valence-corrected chi connectivity index (χ4v) is 1.83. The third-order valence-corrected chi connectivity index (χ3v) is 2.85. The predicted octanol–water partition coefficient (Wildman–Crippen LogP) is 1.01. The van der Waals surface area contributed by atoms with Crippen molar-refractivity contribution in [3.05, 3.63) is 0 Å². The second kappa shape index (κ2) is 10.3. The number of methoxy groups -OCH3 is 2. The minimum atomic E-state index is 0.0768. The highest BCUT2D eigenvalue weighted by molar-refractivity contribution is 5.76. The highest BCUT2D eigenvalue weighted by Crippen LogP contribution is 2.07. The number of ether oxygens (including phenoxy) is 2. The molecule has 5 heteroatoms. The molecular formula is C13H28N2O3. The van der Waals surface area contributed by atoms with Crippen LogP contribution >= 0.6 is 0 Å². The molecule has 0 aromatic rings. The molecule has 0 radical (unpaired) electrons. The number of hydrogen-bond donors (Lipinski definition) is 1. The summed E-state index contributed by atoms with van der Waals surface area (Å²) < 4.78 is 10.1. The minimum absolute atomic E-state index is 0.0768. The van der Waals surface area contributed by atoms with Gasteiger partial charge in [-0.05, 0) is 26.7 Å². The molecule has 0 fully saturated rings. The third kappa shape index (κ3) is 7.63. The summed E-state index contributed by atoms with van der Waals surface area (Å²) in [6.07, 6.45) is 2.25. The lowest BCUT2D eigenvalue weighted by Crippen LogP contribution is -2.43. The van der Waals surface area contributed by atoms with Gasteiger partial charge in [0, 0.05) is 33.2 Å². The number of hydrogen-bond acceptors (Lipinski definition) is 4. The lowest BCUT2D eigenvalue weighted by molar-refractivity contribution is -0.135. The molecule has 2 N–H and O–H groups in total. The van der Waals surface area contributed by atoms with Crippen LogP contribution in [0.4, 0.5) is 0 Å². The Morgan fingerprint density at radius 3 is 2.44 bits per heavy atom. The largest absolute Gasteiger partial charge is 0.383 e. The molecule has 0 bridgehead atoms. The second-order valence-corrected chi connectivity index (χ2v) is 4.75. The molecule has 0 spiro atoms. The maximum atomic E-state index is 12.1. The van der Waals surface area contributed by atoms with E-state index in [2.05, 4.69) is 0 Å². The summed E-state index contributed by atoms with van der Waals surface area (Å²) in [6, 6.07) is 0.231. The quantitative estimate of drug-likeness (QED) is 0.637. The Hall–Kier alpha value is -0.650. The standard InChI is InChI=1S/C13H28N2O3/c1-11(14)6-5-7-13(16)15(8-9-17-3)12(2)10-18-4/h11-12H,5-10,14H2,1-4H3. The van der Waals surface area contributed by atoms with Gasteiger partial charge in [0.2, 0.25) is 5.91 Å². The van der Waals surface area contributed by atoms with Crippen LogP contribution in [0.3, 0.4) is 0 Å². The van der Waals surface area contributed by atoms with Crippen LogP contribution in [0.1, 0.15) is 33.1 Å². The van der Waals surface area contributed by atoms with E-state index in [0.717, 1.165) is 12.8 Å². The normalized spacial score (nSPS) is 14.3. The monoisotopic (exact) mass is 260 g/mol. The summed E-state index contributed by atoms with van der Waals surface area (Å²) in [5.74, 6) is 0.150. The van der Waals surface area contributed by atoms with Gasteiger partial charge in [-0.25, -0.2) is 0 Å². The van der Waals surface area contributed by atoms with Crippen LogP contribution in [0.2, 0.25) is 0 Å². The molecule has 0 aromatic heterocycles. The summed E-state index contributed by atoms with van der Waals surface area (Å²) in [6.45, 7) is 5.65. The van der Waals surface area contributed by atoms with Gasteiger partial charge < -0.3 is 20.1 Å². The van der Waals surface area contributed by atoms with Crippen molar-refractivity contribution in [1.82, 2.24) is 4.90 Å². The number of rotatable bonds is 10. The molecule has 1 amide bonds. The molecule has 2 atom stereocenters. The first kappa shape index (κ1) is 17.4. The number of nitrogens with two attached hydrogens (primary N) is 1. The fourth-order valence-electron chi connectivity index (χ4n) is 1.83. The molecule has 2 unspecified atom stereocenters. The van der Waals surface area contributed by atoms with Gasteiger partial charge in [0.15, 0.2) is 0 Å². The molecule has 0 aliphatic heterocycles. The Morgan fingerprint density at radius 1 is 1.28 bits per heavy atom. The van der Waals surface area contributed by atoms with Crippen LogP contribution in [0.5, 0.6) is 0 Å². The zero-order chi connectivity index (χ0) is 14.0. The van der Waals surface area contributed by atoms with Crippen molar-refractivity contribution >= 4 is 5.91 Å². The predicted molar refractivity (Wildman–Crippen MR) is 72.4 cm³/mol. The molecule has 0 heterocycles. The average molecular weight is 260 g/mol. The summed E-state index contributed by atoms with van der Waals surface area (Å²) in [5, 5.41) is 0. The number of carbonyl (C=O) groups excluding carboxylic acids is 1. The number of carbonyl (C=O) groups is 1. The first-order valence-corrected chi connectivity index (χ1v) is 6.55. The van der Waals surface area contributed by atoms with E-state index in [-0.39, 0.29) is 18.0 Å². The highest BCUT2D eigenvalue weighted by atomic mass is 16.5. The van der Waals surface area contributed by atoms with Gasteiger partial charge in [-0.1, -0.05) is 0 Å². The molecule has 0 aliphatic rings. The van der Waals surface area contributed by atoms with E-state index in [0.29, 0.717) is 26.2 Å². The van der Waals surface area contributed by atoms with Crippen molar-refractivity contribution in [3.63, 3.8) is 0 Å². The summed E-state index contributed by atoms with van der Waals surface area (Å²) in [7, 11) is 3.28. The van der Waals surface area contributed by atoms with Gasteiger partial charge in [0.25, 0.3) is 0 Å². The van der Waals surface area contributed by atoms with Crippen LogP contribution in [0.25, 0.3) is 0 Å². The third-order valence-electron chi connectivity index (χ3n) is 2.85. The van der Waals surface area contributed by atoms with Crippen molar-refractivity contribution < 1.29 is 14.3 Å². The highest BCUT2D eigenvalue weighted by Gasteiger charge is 2.19. The van der Waals surface area contributed by atoms with Crippen LogP contribution in [-0.4, -0.2) is 56.9 Å². The van der Waals surface area contributed by atoms with Gasteiger partial charge in [0.05, 0.1) is 19.3 Å². The molecule has 0 saturated heterocycles. The maximum Gasteiger partial charge on any atom is 0.222 e. The smallest absolute Gasteiger partial charge is 0.222 e. The second-order valence-electron chi connectivity index (χ2n) is 4.75. The summed E-state index contributed by atoms with van der Waals surface area (Å²) in [4.78, 5) is 13.9. The van der Waals surface area contributed by atoms with Gasteiger partial charge in [-0.2, -0.15) is 0 Å². The lowest BCUT2D eigenvalue weighted by atomic mass is 10.1. The van der Waals surface area contributed by atoms with Gasteiger partial charge in [-0.15, -0.1) is 0 Å². The molecule has 0 aromatic carbocycles. The zero-order valence-corrected chi connectivity index (χ0v) is 12.1. The van der Waals surface area contributed by atoms with Crippen LogP contribution in [0, 0.1) is 0 Å². The first-order valence-electron chi connectivity index (χ1n) is 6.55. The van der Waals surface area contributed by atoms with E-state index in [1.807, 2.05) is 18.7 Å². The van der Waals surface area contributed by atoms with Crippen LogP contribution in [0.15, 0.2) is 0 Å². The van der Waals surface area contributed by atoms with Crippen molar-refractivity contribution in [3.8, 4) is 0 Å². The van der Waals surface area contributed by atoms with E-state index in [1.165, 1.54) is 0 Å². The Kier molecular flexibility index (Phi) is 9.92. The first-order chi connectivity index (χ1) is 8.52. The summed E-state index contributed by atoms with van der Waals surface area (Å²) >= 11 is 0. The van der Waals surface area contributed by atoms with E-state index >= 15 is 0 Å². The molecule has 18 heavy (non-hydrogen) atoms. The maximum absolute atomic E-state index is 12.1. The minimum Gasteiger partial charge on any atom is -0.383 e. The molecule has 0 rings (SSSR count). The molecule has 0 aliphatic carbocycles. The Bertz CT molecular complexity index is 222. The zero-order valence-electron chi connectivity index (χ0n) is 12.1.